The van der Waals surface area contributed by atoms with Crippen molar-refractivity contribution in [1.29, 1.82) is 0 Å². The molecule has 5 nitrogen and oxygen atoms in total. The van der Waals surface area contributed by atoms with Crippen LogP contribution in [0.5, 0.6) is 0 Å². The van der Waals surface area contributed by atoms with Crippen molar-refractivity contribution in [1.82, 2.24) is 14.8 Å². The summed E-state index contributed by atoms with van der Waals surface area (Å²) in [6.45, 7) is 5.05. The predicted octanol–water partition coefficient (Wildman–Crippen LogP) is 1.64. The number of aromatic nitrogens is 3. The van der Waals surface area contributed by atoms with Gasteiger partial charge in [0.25, 0.3) is 0 Å². The van der Waals surface area contributed by atoms with E-state index in [0.717, 1.165) is 22.6 Å². The summed E-state index contributed by atoms with van der Waals surface area (Å²) in [5.41, 5.74) is 3.79. The van der Waals surface area contributed by atoms with E-state index in [1.165, 1.54) is 12.3 Å². The van der Waals surface area contributed by atoms with Crippen molar-refractivity contribution in [3.8, 4) is 0 Å². The molecule has 0 amide bonds. The van der Waals surface area contributed by atoms with Crippen LogP contribution in [0.15, 0.2) is 18.3 Å². The van der Waals surface area contributed by atoms with Crippen LogP contribution in [0.3, 0.4) is 0 Å². The molecule has 0 atom stereocenters. The largest absolute Gasteiger partial charge is 0.394 e. The molecule has 0 saturated carbocycles. The Balaban J connectivity index is 2.09. The van der Waals surface area contributed by atoms with Crippen LogP contribution in [0.25, 0.3) is 0 Å². The van der Waals surface area contributed by atoms with E-state index in [9.17, 15) is 4.39 Å². The Hall–Kier alpha value is -1.95. The molecule has 6 heteroatoms. The topological polar surface area (TPSA) is 63.0 Å². The summed E-state index contributed by atoms with van der Waals surface area (Å²) in [6.07, 6.45) is 1.46. The predicted molar refractivity (Wildman–Crippen MR) is 70.3 cm³/mol. The van der Waals surface area contributed by atoms with Gasteiger partial charge in [0.15, 0.2) is 0 Å². The third kappa shape index (κ3) is 3.08. The average molecular weight is 264 g/mol. The molecule has 0 aliphatic carbocycles. The van der Waals surface area contributed by atoms with Gasteiger partial charge in [0.1, 0.15) is 0 Å². The summed E-state index contributed by atoms with van der Waals surface area (Å²) < 4.78 is 14.5. The molecule has 2 aromatic heterocycles. The summed E-state index contributed by atoms with van der Waals surface area (Å²) in [4.78, 5) is 3.59. The van der Waals surface area contributed by atoms with Gasteiger partial charge in [0, 0.05) is 17.8 Å². The van der Waals surface area contributed by atoms with Crippen molar-refractivity contribution >= 4 is 5.69 Å². The lowest BCUT2D eigenvalue weighted by atomic mass is 10.2. The van der Waals surface area contributed by atoms with Gasteiger partial charge in [0.2, 0.25) is 5.95 Å². The number of hydrogen-bond acceptors (Lipinski definition) is 4. The van der Waals surface area contributed by atoms with Crippen LogP contribution >= 0.6 is 0 Å². The van der Waals surface area contributed by atoms with Crippen LogP contribution in [-0.4, -0.2) is 26.5 Å². The van der Waals surface area contributed by atoms with Crippen LogP contribution in [0.2, 0.25) is 0 Å². The number of nitrogens with one attached hydrogen (secondary N) is 1. The SMILES string of the molecule is Cc1nn(CCO)c(C)c1CNc1ccc(F)nc1. The average Bonchev–Trinajstić information content (AvgIpc) is 2.65. The number of pyridine rings is 1. The molecule has 0 aliphatic rings. The first-order chi connectivity index (χ1) is 9.11. The van der Waals surface area contributed by atoms with Crippen molar-refractivity contribution in [2.45, 2.75) is 26.9 Å². The number of hydrogen-bond donors (Lipinski definition) is 2. The first-order valence-electron chi connectivity index (χ1n) is 6.11. The maximum Gasteiger partial charge on any atom is 0.212 e. The molecule has 102 valence electrons. The Morgan fingerprint density at radius 2 is 2.16 bits per heavy atom. The standard InChI is InChI=1S/C13H17FN4O/c1-9-12(10(2)18(17-9)5-6-19)8-15-11-3-4-13(14)16-7-11/h3-4,7,15,19H,5-6,8H2,1-2H3. The van der Waals surface area contributed by atoms with Crippen molar-refractivity contribution in [2.75, 3.05) is 11.9 Å². The van der Waals surface area contributed by atoms with E-state index in [1.807, 2.05) is 13.8 Å². The third-order valence-corrected chi connectivity index (χ3v) is 3.04. The summed E-state index contributed by atoms with van der Waals surface area (Å²) >= 11 is 0. The molecule has 2 rings (SSSR count). The van der Waals surface area contributed by atoms with E-state index in [1.54, 1.807) is 10.7 Å². The fourth-order valence-electron chi connectivity index (χ4n) is 1.97. The van der Waals surface area contributed by atoms with Crippen LogP contribution in [0.4, 0.5) is 10.1 Å². The number of anilines is 1. The molecule has 0 aliphatic heterocycles. The van der Waals surface area contributed by atoms with Crippen LogP contribution in [0, 0.1) is 19.8 Å². The molecule has 0 spiro atoms. The lowest BCUT2D eigenvalue weighted by molar-refractivity contribution is 0.268. The van der Waals surface area contributed by atoms with Gasteiger partial charge in [-0.15, -0.1) is 0 Å². The zero-order valence-corrected chi connectivity index (χ0v) is 11.0. The number of halogens is 1. The highest BCUT2D eigenvalue weighted by molar-refractivity contribution is 5.41. The zero-order chi connectivity index (χ0) is 13.8. The highest BCUT2D eigenvalue weighted by atomic mass is 19.1. The maximum atomic E-state index is 12.7. The lowest BCUT2D eigenvalue weighted by Gasteiger charge is -2.07. The van der Waals surface area contributed by atoms with E-state index in [4.69, 9.17) is 5.11 Å². The molecule has 19 heavy (non-hydrogen) atoms. The molecule has 2 heterocycles. The molecule has 0 fully saturated rings. The van der Waals surface area contributed by atoms with Crippen LogP contribution in [-0.2, 0) is 13.1 Å². The lowest BCUT2D eigenvalue weighted by Crippen LogP contribution is -2.07. The Morgan fingerprint density at radius 3 is 2.79 bits per heavy atom. The van der Waals surface area contributed by atoms with Crippen molar-refractivity contribution in [3.63, 3.8) is 0 Å². The van der Waals surface area contributed by atoms with E-state index < -0.39 is 5.95 Å². The Bertz CT molecular complexity index is 551. The summed E-state index contributed by atoms with van der Waals surface area (Å²) in [5, 5.41) is 16.5. The monoisotopic (exact) mass is 264 g/mol. The highest BCUT2D eigenvalue weighted by Crippen LogP contribution is 2.15. The van der Waals surface area contributed by atoms with Crippen LogP contribution in [0.1, 0.15) is 17.0 Å². The molecule has 0 bridgehead atoms. The van der Waals surface area contributed by atoms with Gasteiger partial charge in [0.05, 0.1) is 30.7 Å². The Labute approximate surface area is 111 Å². The van der Waals surface area contributed by atoms with E-state index in [-0.39, 0.29) is 6.61 Å². The quantitative estimate of drug-likeness (QED) is 0.806. The maximum absolute atomic E-state index is 12.7. The van der Waals surface area contributed by atoms with Gasteiger partial charge in [-0.3, -0.25) is 4.68 Å². The Morgan fingerprint density at radius 1 is 1.37 bits per heavy atom. The fourth-order valence-corrected chi connectivity index (χ4v) is 1.97. The second-order valence-electron chi connectivity index (χ2n) is 4.32. The number of rotatable bonds is 5. The number of aliphatic hydroxyl groups is 1. The van der Waals surface area contributed by atoms with Gasteiger partial charge in [-0.1, -0.05) is 0 Å². The molecule has 0 radical (unpaired) electrons. The van der Waals surface area contributed by atoms with Gasteiger partial charge in [-0.05, 0) is 26.0 Å². The molecular formula is C13H17FN4O. The van der Waals surface area contributed by atoms with Gasteiger partial charge in [-0.25, -0.2) is 4.98 Å². The first kappa shape index (κ1) is 13.5. The number of aliphatic hydroxyl groups excluding tert-OH is 1. The minimum Gasteiger partial charge on any atom is -0.394 e. The number of aryl methyl sites for hydroxylation is 1. The summed E-state index contributed by atoms with van der Waals surface area (Å²) in [7, 11) is 0. The molecule has 0 unspecified atom stereocenters. The summed E-state index contributed by atoms with van der Waals surface area (Å²) in [6, 6.07) is 2.96. The van der Waals surface area contributed by atoms with E-state index in [0.29, 0.717) is 13.1 Å². The van der Waals surface area contributed by atoms with Crippen molar-refractivity contribution in [3.05, 3.63) is 41.2 Å². The van der Waals surface area contributed by atoms with Crippen molar-refractivity contribution in [2.24, 2.45) is 0 Å². The minimum atomic E-state index is -0.492. The molecule has 0 saturated heterocycles. The normalized spacial score (nSPS) is 10.7. The van der Waals surface area contributed by atoms with Gasteiger partial charge in [-0.2, -0.15) is 9.49 Å². The number of nitrogens with zero attached hydrogens (tertiary/aromatic N) is 3. The second-order valence-corrected chi connectivity index (χ2v) is 4.32. The van der Waals surface area contributed by atoms with Crippen LogP contribution < -0.4 is 5.32 Å². The van der Waals surface area contributed by atoms with E-state index >= 15 is 0 Å². The second kappa shape index (κ2) is 5.79. The first-order valence-corrected chi connectivity index (χ1v) is 6.11. The summed E-state index contributed by atoms with van der Waals surface area (Å²) in [5.74, 6) is -0.492. The minimum absolute atomic E-state index is 0.0662. The smallest absolute Gasteiger partial charge is 0.212 e. The van der Waals surface area contributed by atoms with E-state index in [2.05, 4.69) is 15.4 Å². The highest BCUT2D eigenvalue weighted by Gasteiger charge is 2.10. The van der Waals surface area contributed by atoms with Gasteiger partial charge < -0.3 is 10.4 Å². The van der Waals surface area contributed by atoms with Crippen molar-refractivity contribution < 1.29 is 9.50 Å². The molecular weight excluding hydrogens is 247 g/mol. The van der Waals surface area contributed by atoms with Gasteiger partial charge >= 0.3 is 0 Å². The fraction of sp³-hybridized carbons (Fsp3) is 0.385. The molecule has 2 aromatic rings. The molecule has 0 aromatic carbocycles. The zero-order valence-electron chi connectivity index (χ0n) is 11.0. The third-order valence-electron chi connectivity index (χ3n) is 3.04. The Kier molecular flexibility index (Phi) is 4.11. The molecule has 2 N–H and O–H groups in total.